The van der Waals surface area contributed by atoms with Crippen LogP contribution in [0.4, 0.5) is 10.1 Å². The number of anilines is 1. The Kier molecular flexibility index (Phi) is 7.75. The smallest absolute Gasteiger partial charge is 0.231 e. The predicted molar refractivity (Wildman–Crippen MR) is 147 cm³/mol. The highest BCUT2D eigenvalue weighted by molar-refractivity contribution is 7.72. The van der Waals surface area contributed by atoms with Gasteiger partial charge in [-0.3, -0.25) is 4.79 Å². The van der Waals surface area contributed by atoms with Crippen LogP contribution in [-0.2, 0) is 33.8 Å². The van der Waals surface area contributed by atoms with Gasteiger partial charge in [0.15, 0.2) is 5.82 Å². The van der Waals surface area contributed by atoms with Gasteiger partial charge in [0, 0.05) is 21.3 Å². The Morgan fingerprint density at radius 2 is 1.67 bits per heavy atom. The van der Waals surface area contributed by atoms with Gasteiger partial charge in [-0.2, -0.15) is 4.98 Å². The summed E-state index contributed by atoms with van der Waals surface area (Å²) in [6.07, 6.45) is 1.95. The van der Waals surface area contributed by atoms with Gasteiger partial charge in [0.2, 0.25) is 11.8 Å². The molecule has 1 N–H and O–H groups in total. The van der Waals surface area contributed by atoms with Crippen LogP contribution in [-0.4, -0.2) is 24.5 Å². The fourth-order valence-electron chi connectivity index (χ4n) is 4.54. The van der Waals surface area contributed by atoms with Crippen molar-refractivity contribution in [1.29, 1.82) is 0 Å². The normalized spacial score (nSPS) is 14.8. The predicted octanol–water partition coefficient (Wildman–Crippen LogP) is 6.04. The third kappa shape index (κ3) is 6.00. The molecule has 0 saturated heterocycles. The first-order chi connectivity index (χ1) is 18.6. The number of nitrogens with one attached hydrogen (secondary N) is 1. The van der Waals surface area contributed by atoms with Gasteiger partial charge in [-0.25, -0.2) is 12.8 Å². The lowest BCUT2D eigenvalue weighted by atomic mass is 9.94. The van der Waals surface area contributed by atoms with E-state index in [1.54, 1.807) is 55.5 Å². The molecule has 5 rings (SSSR count). The fraction of sp³-hybridized carbons (Fsp3) is 0.250. The lowest BCUT2D eigenvalue weighted by Gasteiger charge is -2.17. The Labute approximate surface area is 236 Å². The number of carbonyl (C=O) groups is 1. The molecule has 1 atom stereocenters. The number of carbonyl (C=O) groups excluding carboxylic acids is 1. The molecule has 1 fully saturated rings. The average Bonchev–Trinajstić information content (AvgIpc) is 3.54. The van der Waals surface area contributed by atoms with E-state index in [1.165, 1.54) is 12.1 Å². The zero-order valence-corrected chi connectivity index (χ0v) is 23.2. The Morgan fingerprint density at radius 3 is 2.26 bits per heavy atom. The molecule has 1 aromatic heterocycles. The largest absolute Gasteiger partial charge is 0.339 e. The maximum absolute atomic E-state index is 13.2. The van der Waals surface area contributed by atoms with Crippen LogP contribution in [0.1, 0.15) is 59.0 Å². The van der Waals surface area contributed by atoms with Gasteiger partial charge < -0.3 is 9.84 Å². The van der Waals surface area contributed by atoms with Gasteiger partial charge in [-0.15, -0.1) is 0 Å². The highest BCUT2D eigenvalue weighted by atomic mass is 35.5. The van der Waals surface area contributed by atoms with Crippen LogP contribution in [0, 0.1) is 5.82 Å². The Hall–Kier alpha value is -3.27. The second-order valence-corrected chi connectivity index (χ2v) is 11.8. The molecule has 1 unspecified atom stereocenters. The summed E-state index contributed by atoms with van der Waals surface area (Å²) in [6, 6.07) is 16.3. The molecule has 7 nitrogen and oxygen atoms in total. The summed E-state index contributed by atoms with van der Waals surface area (Å²) >= 11 is 13.3. The number of amides is 1. The molecule has 0 spiro atoms. The van der Waals surface area contributed by atoms with Crippen molar-refractivity contribution < 1.29 is 22.1 Å². The minimum atomic E-state index is -2.57. The van der Waals surface area contributed by atoms with Crippen molar-refractivity contribution in [2.45, 2.75) is 43.3 Å². The summed E-state index contributed by atoms with van der Waals surface area (Å²) in [4.78, 5) is 17.2. The van der Waals surface area contributed by atoms with Crippen LogP contribution >= 0.6 is 23.2 Å². The molecule has 11 heteroatoms. The number of aromatic nitrogens is 2. The van der Waals surface area contributed by atoms with Gasteiger partial charge in [-0.1, -0.05) is 64.8 Å². The van der Waals surface area contributed by atoms with Crippen LogP contribution in [0.25, 0.3) is 0 Å². The van der Waals surface area contributed by atoms with Crippen molar-refractivity contribution in [3.8, 4) is 0 Å². The minimum Gasteiger partial charge on any atom is -0.339 e. The number of halogens is 3. The number of rotatable bonds is 9. The summed E-state index contributed by atoms with van der Waals surface area (Å²) in [5.74, 6) is 0.310. The molecule has 39 heavy (non-hydrogen) atoms. The van der Waals surface area contributed by atoms with E-state index >= 15 is 0 Å². The molecule has 1 aliphatic rings. The molecule has 0 radical (unpaired) electrons. The maximum Gasteiger partial charge on any atom is 0.231 e. The van der Waals surface area contributed by atoms with Crippen LogP contribution < -0.4 is 5.32 Å². The van der Waals surface area contributed by atoms with Gasteiger partial charge in [0.05, 0.1) is 23.5 Å². The fourth-order valence-corrected chi connectivity index (χ4v) is 5.80. The maximum atomic E-state index is 13.2. The lowest BCUT2D eigenvalue weighted by molar-refractivity contribution is -0.115. The molecule has 4 aromatic rings. The summed E-state index contributed by atoms with van der Waals surface area (Å²) in [6.45, 7) is 1.61. The van der Waals surface area contributed by atoms with Crippen molar-refractivity contribution in [1.82, 2.24) is 10.1 Å². The molecular formula is C28H24Cl2FN3O4S. The summed E-state index contributed by atoms with van der Waals surface area (Å²) in [7, 11) is -2.57. The van der Waals surface area contributed by atoms with E-state index in [0.717, 1.165) is 24.0 Å². The topological polar surface area (TPSA) is 102 Å². The number of hydrogen-bond acceptors (Lipinski definition) is 6. The van der Waals surface area contributed by atoms with Crippen molar-refractivity contribution >= 4 is 45.5 Å². The monoisotopic (exact) mass is 587 g/mol. The summed E-state index contributed by atoms with van der Waals surface area (Å²) in [5, 5.41) is 7.18. The first-order valence-corrected chi connectivity index (χ1v) is 14.2. The zero-order valence-electron chi connectivity index (χ0n) is 20.8. The van der Waals surface area contributed by atoms with Crippen molar-refractivity contribution in [3.05, 3.63) is 110 Å². The molecule has 1 saturated carbocycles. The van der Waals surface area contributed by atoms with E-state index in [9.17, 15) is 17.6 Å². The van der Waals surface area contributed by atoms with E-state index in [2.05, 4.69) is 15.5 Å². The molecule has 0 bridgehead atoms. The first-order valence-electron chi connectivity index (χ1n) is 12.2. The SMILES string of the molecule is CC(c1ccc(CC(=O)Nc2cc(Cl)c(C3(c4noc(Cc5ccc(F)cc5)n4)CC3)c(Cl)c2)cc1)[SH](=O)=O. The Morgan fingerprint density at radius 1 is 1.05 bits per heavy atom. The molecular weight excluding hydrogens is 564 g/mol. The third-order valence-electron chi connectivity index (χ3n) is 6.86. The number of nitrogens with zero attached hydrogens (tertiary/aromatic N) is 2. The molecule has 1 amide bonds. The van der Waals surface area contributed by atoms with Gasteiger partial charge in [-0.05, 0) is 60.7 Å². The quantitative estimate of drug-likeness (QED) is 0.231. The van der Waals surface area contributed by atoms with E-state index < -0.39 is 21.4 Å². The van der Waals surface area contributed by atoms with E-state index in [0.29, 0.717) is 45.0 Å². The highest BCUT2D eigenvalue weighted by Gasteiger charge is 2.52. The zero-order chi connectivity index (χ0) is 27.7. The van der Waals surface area contributed by atoms with Gasteiger partial charge >= 0.3 is 0 Å². The number of thiol groups is 1. The van der Waals surface area contributed by atoms with Crippen molar-refractivity contribution in [2.24, 2.45) is 0 Å². The van der Waals surface area contributed by atoms with Gasteiger partial charge in [0.1, 0.15) is 16.5 Å². The Bertz CT molecular complexity index is 1570. The van der Waals surface area contributed by atoms with Crippen LogP contribution in [0.3, 0.4) is 0 Å². The number of hydrogen-bond donors (Lipinski definition) is 2. The second-order valence-electron chi connectivity index (χ2n) is 9.64. The summed E-state index contributed by atoms with van der Waals surface area (Å²) in [5.41, 5.74) is 2.81. The second kappa shape index (κ2) is 11.1. The molecule has 1 aliphatic carbocycles. The highest BCUT2D eigenvalue weighted by Crippen LogP contribution is 2.56. The summed E-state index contributed by atoms with van der Waals surface area (Å²) < 4.78 is 41.1. The molecule has 1 heterocycles. The van der Waals surface area contributed by atoms with Crippen LogP contribution in [0.2, 0.25) is 10.0 Å². The molecule has 0 aliphatic heterocycles. The average molecular weight is 588 g/mol. The van der Waals surface area contributed by atoms with E-state index in [4.69, 9.17) is 27.7 Å². The third-order valence-corrected chi connectivity index (χ3v) is 8.39. The molecule has 202 valence electrons. The van der Waals surface area contributed by atoms with Crippen LogP contribution in [0.5, 0.6) is 0 Å². The van der Waals surface area contributed by atoms with E-state index in [1.807, 2.05) is 0 Å². The number of benzene rings is 3. The lowest BCUT2D eigenvalue weighted by Crippen LogP contribution is -2.16. The van der Waals surface area contributed by atoms with Crippen molar-refractivity contribution in [2.75, 3.05) is 5.32 Å². The van der Waals surface area contributed by atoms with Gasteiger partial charge in [0.25, 0.3) is 0 Å². The standard InChI is InChI=1S/C28H24Cl2FN3O4S/c1-16(39(36)37)19-6-2-17(3-7-19)12-24(35)32-21-14-22(29)26(23(30)15-21)28(10-11-28)27-33-25(38-34-27)13-18-4-8-20(31)9-5-18/h2-9,14-16,39H,10-13H2,1H3,(H,32,35). The molecule has 3 aromatic carbocycles. The van der Waals surface area contributed by atoms with Crippen LogP contribution in [0.15, 0.2) is 65.2 Å². The minimum absolute atomic E-state index is 0.0960. The first kappa shape index (κ1) is 27.3. The van der Waals surface area contributed by atoms with Crippen molar-refractivity contribution in [3.63, 3.8) is 0 Å². The van der Waals surface area contributed by atoms with E-state index in [-0.39, 0.29) is 18.1 Å². The Balaban J connectivity index is 1.28.